The molecule has 0 spiro atoms. The van der Waals surface area contributed by atoms with Gasteiger partial charge in [-0.05, 0) is 12.8 Å². The van der Waals surface area contributed by atoms with Gasteiger partial charge in [-0.25, -0.2) is 0 Å². The topological polar surface area (TPSA) is 84.2 Å². The van der Waals surface area contributed by atoms with E-state index in [-0.39, 0.29) is 5.92 Å². The maximum atomic E-state index is 8.81. The number of hydrogen-bond donors (Lipinski definition) is 4. The number of piperidine rings is 1. The van der Waals surface area contributed by atoms with E-state index in [0.717, 1.165) is 0 Å². The summed E-state index contributed by atoms with van der Waals surface area (Å²) in [6, 6.07) is 0. The second-order valence-electron chi connectivity index (χ2n) is 3.13. The molecule has 0 unspecified atom stereocenters. The summed E-state index contributed by atoms with van der Waals surface area (Å²) >= 11 is 0. The Morgan fingerprint density at radius 3 is 1.83 bits per heavy atom. The van der Waals surface area contributed by atoms with Crippen molar-refractivity contribution < 1.29 is 20.4 Å². The molecule has 4 N–H and O–H groups in total. The average molecular weight is 177 g/mol. The Balaban J connectivity index is 2.30. The third-order valence-corrected chi connectivity index (χ3v) is 2.32. The van der Waals surface area contributed by atoms with Gasteiger partial charge in [0, 0.05) is 19.0 Å². The van der Waals surface area contributed by atoms with E-state index in [1.54, 1.807) is 0 Å². The smallest absolute Gasteiger partial charge is 0.213 e. The van der Waals surface area contributed by atoms with Crippen LogP contribution in [0.4, 0.5) is 0 Å². The molecule has 5 nitrogen and oxygen atoms in total. The highest BCUT2D eigenvalue weighted by Crippen LogP contribution is 2.19. The van der Waals surface area contributed by atoms with Crippen LogP contribution in [0.3, 0.4) is 0 Å². The largest absolute Gasteiger partial charge is 0.368 e. The zero-order valence-corrected chi connectivity index (χ0v) is 6.80. The van der Waals surface area contributed by atoms with E-state index in [4.69, 9.17) is 20.4 Å². The van der Waals surface area contributed by atoms with Crippen LogP contribution in [0.1, 0.15) is 12.8 Å². The molecule has 0 atom stereocenters. The Morgan fingerprint density at radius 1 is 1.00 bits per heavy atom. The second-order valence-corrected chi connectivity index (χ2v) is 3.13. The van der Waals surface area contributed by atoms with Crippen LogP contribution in [-0.2, 0) is 0 Å². The molecule has 1 heterocycles. The summed E-state index contributed by atoms with van der Waals surface area (Å²) in [7, 11) is 0. The number of likely N-dealkylation sites (tertiary alicyclic amines) is 1. The lowest BCUT2D eigenvalue weighted by Crippen LogP contribution is -2.43. The molecule has 1 aliphatic heterocycles. The predicted molar refractivity (Wildman–Crippen MR) is 40.7 cm³/mol. The summed E-state index contributed by atoms with van der Waals surface area (Å²) in [6.45, 7) is 1.000. The number of rotatable bonds is 2. The Labute approximate surface area is 70.9 Å². The zero-order chi connectivity index (χ0) is 9.14. The molecule has 1 rings (SSSR count). The summed E-state index contributed by atoms with van der Waals surface area (Å²) in [5, 5.41) is 35.1. The van der Waals surface area contributed by atoms with Gasteiger partial charge in [-0.2, -0.15) is 0 Å². The van der Waals surface area contributed by atoms with E-state index in [9.17, 15) is 0 Å². The van der Waals surface area contributed by atoms with Crippen LogP contribution in [0.5, 0.6) is 0 Å². The van der Waals surface area contributed by atoms with Crippen LogP contribution in [0.25, 0.3) is 0 Å². The van der Waals surface area contributed by atoms with E-state index >= 15 is 0 Å². The van der Waals surface area contributed by atoms with Crippen LogP contribution in [0, 0.1) is 5.92 Å². The molecule has 12 heavy (non-hydrogen) atoms. The molecule has 0 aromatic rings. The van der Waals surface area contributed by atoms with Crippen molar-refractivity contribution in [1.29, 1.82) is 0 Å². The van der Waals surface area contributed by atoms with Crippen molar-refractivity contribution in [3.63, 3.8) is 0 Å². The lowest BCUT2D eigenvalue weighted by Gasteiger charge is -2.33. The van der Waals surface area contributed by atoms with Crippen molar-refractivity contribution in [2.45, 2.75) is 25.5 Å². The SMILES string of the molecule is OC(O)C1CCN(C(O)O)CC1. The molecule has 0 aromatic heterocycles. The van der Waals surface area contributed by atoms with Crippen LogP contribution < -0.4 is 0 Å². The minimum Gasteiger partial charge on any atom is -0.368 e. The molecular weight excluding hydrogens is 162 g/mol. The first-order valence-corrected chi connectivity index (χ1v) is 4.07. The molecule has 0 amide bonds. The molecule has 0 bridgehead atoms. The first kappa shape index (κ1) is 9.88. The number of aliphatic hydroxyl groups is 4. The molecule has 0 saturated carbocycles. The van der Waals surface area contributed by atoms with Gasteiger partial charge in [0.05, 0.1) is 0 Å². The van der Waals surface area contributed by atoms with Gasteiger partial charge in [0.15, 0.2) is 6.29 Å². The molecule has 0 radical (unpaired) electrons. The van der Waals surface area contributed by atoms with Gasteiger partial charge in [-0.3, -0.25) is 4.90 Å². The fourth-order valence-corrected chi connectivity index (χ4v) is 1.45. The maximum absolute atomic E-state index is 8.81. The van der Waals surface area contributed by atoms with E-state index in [0.29, 0.717) is 25.9 Å². The summed E-state index contributed by atoms with van der Waals surface area (Å²) in [5.41, 5.74) is 0. The van der Waals surface area contributed by atoms with Crippen LogP contribution >= 0.6 is 0 Å². The predicted octanol–water partition coefficient (Wildman–Crippen LogP) is -1.72. The van der Waals surface area contributed by atoms with Gasteiger partial charge in [0.2, 0.25) is 6.41 Å². The van der Waals surface area contributed by atoms with E-state index < -0.39 is 12.7 Å². The van der Waals surface area contributed by atoms with Gasteiger partial charge < -0.3 is 20.4 Å². The summed E-state index contributed by atoms with van der Waals surface area (Å²) in [6.07, 6.45) is -1.50. The highest BCUT2D eigenvalue weighted by Gasteiger charge is 2.25. The molecule has 1 aliphatic rings. The molecule has 1 saturated heterocycles. The standard InChI is InChI=1S/C7H15NO4/c9-6(10)5-1-3-8(4-2-5)7(11)12/h5-7,9-12H,1-4H2. The van der Waals surface area contributed by atoms with Gasteiger partial charge in [-0.1, -0.05) is 0 Å². The van der Waals surface area contributed by atoms with E-state index in [1.807, 2.05) is 0 Å². The van der Waals surface area contributed by atoms with Gasteiger partial charge in [0.1, 0.15) is 0 Å². The lowest BCUT2D eigenvalue weighted by molar-refractivity contribution is -0.175. The molecule has 72 valence electrons. The van der Waals surface area contributed by atoms with E-state index in [2.05, 4.69) is 0 Å². The molecular formula is C7H15NO4. The first-order chi connectivity index (χ1) is 5.61. The molecule has 1 fully saturated rings. The minimum absolute atomic E-state index is 0.125. The summed E-state index contributed by atoms with van der Waals surface area (Å²) < 4.78 is 0. The van der Waals surface area contributed by atoms with Gasteiger partial charge in [0.25, 0.3) is 0 Å². The van der Waals surface area contributed by atoms with Crippen molar-refractivity contribution in [3.05, 3.63) is 0 Å². The Morgan fingerprint density at radius 2 is 1.50 bits per heavy atom. The summed E-state index contributed by atoms with van der Waals surface area (Å²) in [4.78, 5) is 1.48. The zero-order valence-electron chi connectivity index (χ0n) is 6.80. The molecule has 0 aromatic carbocycles. The fraction of sp³-hybridized carbons (Fsp3) is 1.00. The average Bonchev–Trinajstić information content (AvgIpc) is 2.04. The highest BCUT2D eigenvalue weighted by atomic mass is 16.5. The third-order valence-electron chi connectivity index (χ3n) is 2.32. The maximum Gasteiger partial charge on any atom is 0.213 e. The minimum atomic E-state index is -1.42. The van der Waals surface area contributed by atoms with Crippen molar-refractivity contribution >= 4 is 0 Å². The van der Waals surface area contributed by atoms with Crippen molar-refractivity contribution in [1.82, 2.24) is 4.90 Å². The highest BCUT2D eigenvalue weighted by molar-refractivity contribution is 4.72. The van der Waals surface area contributed by atoms with Gasteiger partial charge >= 0.3 is 0 Å². The number of hydrogen-bond acceptors (Lipinski definition) is 5. The Hall–Kier alpha value is -0.200. The Bertz CT molecular complexity index is 115. The van der Waals surface area contributed by atoms with Crippen LogP contribution in [-0.4, -0.2) is 51.1 Å². The molecule has 0 aliphatic carbocycles. The number of aliphatic hydroxyl groups excluding tert-OH is 2. The quantitative estimate of drug-likeness (QED) is 0.377. The van der Waals surface area contributed by atoms with Crippen LogP contribution in [0.15, 0.2) is 0 Å². The van der Waals surface area contributed by atoms with Gasteiger partial charge in [-0.15, -0.1) is 0 Å². The lowest BCUT2D eigenvalue weighted by atomic mass is 9.97. The monoisotopic (exact) mass is 177 g/mol. The van der Waals surface area contributed by atoms with Crippen molar-refractivity contribution in [2.24, 2.45) is 5.92 Å². The Kier molecular flexibility index (Phi) is 3.42. The van der Waals surface area contributed by atoms with Crippen molar-refractivity contribution in [3.8, 4) is 0 Å². The van der Waals surface area contributed by atoms with Crippen LogP contribution in [0.2, 0.25) is 0 Å². The van der Waals surface area contributed by atoms with E-state index in [1.165, 1.54) is 4.90 Å². The summed E-state index contributed by atoms with van der Waals surface area (Å²) in [5.74, 6) is -0.125. The first-order valence-electron chi connectivity index (χ1n) is 4.07. The third kappa shape index (κ3) is 2.40. The van der Waals surface area contributed by atoms with Crippen molar-refractivity contribution in [2.75, 3.05) is 13.1 Å². The normalized spacial score (nSPS) is 22.5. The fourth-order valence-electron chi connectivity index (χ4n) is 1.45. The molecule has 5 heteroatoms. The number of nitrogens with zero attached hydrogens (tertiary/aromatic N) is 1. The second kappa shape index (κ2) is 4.15.